The predicted octanol–water partition coefficient (Wildman–Crippen LogP) is 2.21. The summed E-state index contributed by atoms with van der Waals surface area (Å²) in [6.07, 6.45) is 2.94. The van der Waals surface area contributed by atoms with Crippen molar-refractivity contribution in [3.05, 3.63) is 47.7 Å². The number of anilines is 3. The molecule has 0 bridgehead atoms. The SMILES string of the molecule is C=CC(=O)NC1CC[C@@H](Nc2nnc(C(N)=O)c(Nc3ccc(C)c(C)c3)n2)[C@H]1C. The number of benzene rings is 1. The van der Waals surface area contributed by atoms with Gasteiger partial charge in [-0.1, -0.05) is 19.6 Å². The summed E-state index contributed by atoms with van der Waals surface area (Å²) in [6.45, 7) is 9.57. The molecular weight excluding hydrogens is 382 g/mol. The zero-order valence-electron chi connectivity index (χ0n) is 17.4. The van der Waals surface area contributed by atoms with Gasteiger partial charge in [0.1, 0.15) is 0 Å². The Morgan fingerprint density at radius 2 is 1.90 bits per heavy atom. The number of hydrogen-bond donors (Lipinski definition) is 4. The highest BCUT2D eigenvalue weighted by Gasteiger charge is 2.34. The van der Waals surface area contributed by atoms with Crippen LogP contribution in [0.5, 0.6) is 0 Å². The molecule has 1 aromatic carbocycles. The topological polar surface area (TPSA) is 135 Å². The number of amides is 2. The van der Waals surface area contributed by atoms with Gasteiger partial charge in [-0.25, -0.2) is 0 Å². The second-order valence-electron chi connectivity index (χ2n) is 7.63. The van der Waals surface area contributed by atoms with Crippen LogP contribution in [0.15, 0.2) is 30.9 Å². The zero-order chi connectivity index (χ0) is 21.8. The summed E-state index contributed by atoms with van der Waals surface area (Å²) in [4.78, 5) is 27.8. The Labute approximate surface area is 175 Å². The van der Waals surface area contributed by atoms with E-state index in [2.05, 4.69) is 44.6 Å². The molecule has 1 saturated carbocycles. The van der Waals surface area contributed by atoms with Gasteiger partial charge in [0.15, 0.2) is 11.5 Å². The van der Waals surface area contributed by atoms with E-state index in [-0.39, 0.29) is 35.4 Å². The summed E-state index contributed by atoms with van der Waals surface area (Å²) >= 11 is 0. The van der Waals surface area contributed by atoms with Crippen molar-refractivity contribution in [2.45, 2.75) is 45.7 Å². The van der Waals surface area contributed by atoms with Crippen molar-refractivity contribution in [2.24, 2.45) is 11.7 Å². The second kappa shape index (κ2) is 8.89. The number of primary amides is 1. The number of rotatable bonds is 7. The van der Waals surface area contributed by atoms with E-state index in [1.165, 1.54) is 6.08 Å². The molecular formula is C21H27N7O2. The first kappa shape index (κ1) is 21.2. The highest BCUT2D eigenvalue weighted by atomic mass is 16.2. The molecule has 0 spiro atoms. The Morgan fingerprint density at radius 3 is 2.57 bits per heavy atom. The zero-order valence-corrected chi connectivity index (χ0v) is 17.4. The molecule has 0 radical (unpaired) electrons. The number of carbonyl (C=O) groups is 2. The van der Waals surface area contributed by atoms with E-state index in [4.69, 9.17) is 5.73 Å². The Kier molecular flexibility index (Phi) is 6.29. The summed E-state index contributed by atoms with van der Waals surface area (Å²) in [5.74, 6) is -0.209. The van der Waals surface area contributed by atoms with Crippen molar-refractivity contribution in [1.29, 1.82) is 0 Å². The van der Waals surface area contributed by atoms with Gasteiger partial charge in [-0.2, -0.15) is 4.98 Å². The lowest BCUT2D eigenvalue weighted by atomic mass is 10.0. The summed E-state index contributed by atoms with van der Waals surface area (Å²) in [5.41, 5.74) is 8.45. The fourth-order valence-corrected chi connectivity index (χ4v) is 3.58. The third kappa shape index (κ3) is 4.73. The molecule has 0 saturated heterocycles. The highest BCUT2D eigenvalue weighted by Crippen LogP contribution is 2.28. The third-order valence-electron chi connectivity index (χ3n) is 5.58. The number of nitrogens with one attached hydrogen (secondary N) is 3. The van der Waals surface area contributed by atoms with E-state index >= 15 is 0 Å². The molecule has 3 atom stereocenters. The van der Waals surface area contributed by atoms with Crippen LogP contribution in [0.3, 0.4) is 0 Å². The molecule has 5 N–H and O–H groups in total. The van der Waals surface area contributed by atoms with Gasteiger partial charge < -0.3 is 21.7 Å². The molecule has 1 aliphatic carbocycles. The van der Waals surface area contributed by atoms with Gasteiger partial charge in [0.05, 0.1) is 0 Å². The van der Waals surface area contributed by atoms with Gasteiger partial charge in [-0.05, 0) is 61.9 Å². The quantitative estimate of drug-likeness (QED) is 0.515. The van der Waals surface area contributed by atoms with E-state index in [1.807, 2.05) is 32.0 Å². The molecule has 3 rings (SSSR count). The van der Waals surface area contributed by atoms with Crippen LogP contribution in [-0.2, 0) is 4.79 Å². The molecule has 1 aliphatic rings. The first-order valence-electron chi connectivity index (χ1n) is 9.86. The van der Waals surface area contributed by atoms with E-state index in [0.717, 1.165) is 29.7 Å². The molecule has 2 amide bonds. The lowest BCUT2D eigenvalue weighted by molar-refractivity contribution is -0.117. The van der Waals surface area contributed by atoms with Crippen LogP contribution >= 0.6 is 0 Å². The number of aromatic nitrogens is 3. The van der Waals surface area contributed by atoms with E-state index in [9.17, 15) is 9.59 Å². The Hall–Kier alpha value is -3.49. The summed E-state index contributed by atoms with van der Waals surface area (Å²) in [6, 6.07) is 5.93. The fourth-order valence-electron chi connectivity index (χ4n) is 3.58. The average Bonchev–Trinajstić information content (AvgIpc) is 3.04. The molecule has 2 aromatic rings. The van der Waals surface area contributed by atoms with Crippen molar-refractivity contribution in [2.75, 3.05) is 10.6 Å². The van der Waals surface area contributed by atoms with Crippen LogP contribution < -0.4 is 21.7 Å². The molecule has 1 aromatic heterocycles. The minimum absolute atomic E-state index is 0.0330. The largest absolute Gasteiger partial charge is 0.364 e. The van der Waals surface area contributed by atoms with E-state index in [0.29, 0.717) is 5.95 Å². The molecule has 1 unspecified atom stereocenters. The fraction of sp³-hybridized carbons (Fsp3) is 0.381. The van der Waals surface area contributed by atoms with E-state index < -0.39 is 5.91 Å². The van der Waals surface area contributed by atoms with Crippen molar-refractivity contribution in [3.63, 3.8) is 0 Å². The van der Waals surface area contributed by atoms with Crippen molar-refractivity contribution >= 4 is 29.3 Å². The van der Waals surface area contributed by atoms with Gasteiger partial charge in [-0.3, -0.25) is 9.59 Å². The van der Waals surface area contributed by atoms with E-state index in [1.54, 1.807) is 0 Å². The lowest BCUT2D eigenvalue weighted by Crippen LogP contribution is -2.39. The van der Waals surface area contributed by atoms with Crippen LogP contribution in [0, 0.1) is 19.8 Å². The van der Waals surface area contributed by atoms with Crippen LogP contribution in [-0.4, -0.2) is 39.1 Å². The minimum atomic E-state index is -0.714. The van der Waals surface area contributed by atoms with Gasteiger partial charge in [-0.15, -0.1) is 10.2 Å². The highest BCUT2D eigenvalue weighted by molar-refractivity contribution is 5.96. The van der Waals surface area contributed by atoms with Crippen molar-refractivity contribution in [3.8, 4) is 0 Å². The standard InChI is InChI=1S/C21H27N7O2/c1-5-17(29)24-15-8-9-16(13(15)4)25-21-26-20(18(19(22)30)27-28-21)23-14-7-6-11(2)12(3)10-14/h5-7,10,13,15-16H,1,8-9H2,2-4H3,(H2,22,30)(H,24,29)(H2,23,25,26,28)/t13-,15?,16+/m0/s1. The van der Waals surface area contributed by atoms with Crippen LogP contribution in [0.4, 0.5) is 17.5 Å². The lowest BCUT2D eigenvalue weighted by Gasteiger charge is -2.22. The predicted molar refractivity (Wildman–Crippen MR) is 115 cm³/mol. The third-order valence-corrected chi connectivity index (χ3v) is 5.58. The maximum atomic E-state index is 11.8. The first-order chi connectivity index (χ1) is 14.3. The molecule has 1 fully saturated rings. The van der Waals surface area contributed by atoms with Gasteiger partial charge in [0.25, 0.3) is 5.91 Å². The monoisotopic (exact) mass is 409 g/mol. The first-order valence-corrected chi connectivity index (χ1v) is 9.86. The van der Waals surface area contributed by atoms with Crippen molar-refractivity contribution < 1.29 is 9.59 Å². The maximum Gasteiger partial charge on any atom is 0.273 e. The molecule has 0 aliphatic heterocycles. The Balaban J connectivity index is 1.79. The molecule has 9 nitrogen and oxygen atoms in total. The van der Waals surface area contributed by atoms with Crippen molar-refractivity contribution in [1.82, 2.24) is 20.5 Å². The number of hydrogen-bond acceptors (Lipinski definition) is 7. The molecule has 9 heteroatoms. The molecule has 30 heavy (non-hydrogen) atoms. The summed E-state index contributed by atoms with van der Waals surface area (Å²) in [7, 11) is 0. The summed E-state index contributed by atoms with van der Waals surface area (Å²) in [5, 5.41) is 17.3. The summed E-state index contributed by atoms with van der Waals surface area (Å²) < 4.78 is 0. The molecule has 158 valence electrons. The number of nitrogens with zero attached hydrogens (tertiary/aromatic N) is 3. The Bertz CT molecular complexity index is 976. The van der Waals surface area contributed by atoms with Crippen LogP contribution in [0.1, 0.15) is 41.4 Å². The van der Waals surface area contributed by atoms with Crippen LogP contribution in [0.25, 0.3) is 0 Å². The number of nitrogens with two attached hydrogens (primary N) is 1. The normalized spacial score (nSPS) is 20.4. The number of aryl methyl sites for hydroxylation is 2. The number of carbonyl (C=O) groups excluding carboxylic acids is 2. The van der Waals surface area contributed by atoms with Gasteiger partial charge >= 0.3 is 0 Å². The average molecular weight is 409 g/mol. The van der Waals surface area contributed by atoms with Gasteiger partial charge in [0.2, 0.25) is 11.9 Å². The second-order valence-corrected chi connectivity index (χ2v) is 7.63. The van der Waals surface area contributed by atoms with Crippen LogP contribution in [0.2, 0.25) is 0 Å². The molecule has 1 heterocycles. The minimum Gasteiger partial charge on any atom is -0.364 e. The Morgan fingerprint density at radius 1 is 1.17 bits per heavy atom. The van der Waals surface area contributed by atoms with Gasteiger partial charge in [0, 0.05) is 17.8 Å². The maximum absolute atomic E-state index is 11.8. The smallest absolute Gasteiger partial charge is 0.273 e.